The van der Waals surface area contributed by atoms with Crippen molar-refractivity contribution in [3.63, 3.8) is 0 Å². The maximum atomic E-state index is 9.48. The van der Waals surface area contributed by atoms with Crippen molar-refractivity contribution in [1.29, 1.82) is 0 Å². The molecule has 3 aromatic rings. The predicted molar refractivity (Wildman–Crippen MR) is 84.5 cm³/mol. The minimum atomic E-state index is 0.219. The lowest BCUT2D eigenvalue weighted by Gasteiger charge is -2.08. The molecule has 0 fully saturated rings. The van der Waals surface area contributed by atoms with E-state index in [1.807, 2.05) is 12.1 Å². The molecule has 0 bridgehead atoms. The fourth-order valence-electron chi connectivity index (χ4n) is 2.33. The Bertz CT molecular complexity index is 728. The summed E-state index contributed by atoms with van der Waals surface area (Å²) in [5, 5.41) is 13.8. The van der Waals surface area contributed by atoms with Crippen LogP contribution in [0.25, 0.3) is 10.9 Å². The zero-order valence-electron chi connectivity index (χ0n) is 11.7. The first-order valence-corrected chi connectivity index (χ1v) is 7.04. The Labute approximate surface area is 123 Å². The Morgan fingerprint density at radius 3 is 2.71 bits per heavy atom. The normalized spacial score (nSPS) is 10.7. The first-order chi connectivity index (χ1) is 10.3. The highest BCUT2D eigenvalue weighted by Gasteiger charge is 2.03. The second-order valence-electron chi connectivity index (χ2n) is 4.94. The smallest absolute Gasteiger partial charge is 0.137 e. The van der Waals surface area contributed by atoms with E-state index >= 15 is 0 Å². The van der Waals surface area contributed by atoms with Crippen LogP contribution in [0.4, 0.5) is 5.82 Å². The van der Waals surface area contributed by atoms with Crippen molar-refractivity contribution in [3.05, 3.63) is 60.4 Å². The zero-order valence-corrected chi connectivity index (χ0v) is 11.7. The second kappa shape index (κ2) is 6.22. The molecule has 106 valence electrons. The van der Waals surface area contributed by atoms with Gasteiger partial charge in [-0.3, -0.25) is 0 Å². The lowest BCUT2D eigenvalue weighted by molar-refractivity contribution is 0.476. The molecule has 0 spiro atoms. The van der Waals surface area contributed by atoms with E-state index in [4.69, 9.17) is 0 Å². The molecule has 4 heteroatoms. The largest absolute Gasteiger partial charge is 0.508 e. The van der Waals surface area contributed by atoms with Crippen LogP contribution in [-0.2, 0) is 6.42 Å². The molecular weight excluding hydrogens is 262 g/mol. The van der Waals surface area contributed by atoms with Crippen molar-refractivity contribution in [3.8, 4) is 5.75 Å². The molecule has 0 aliphatic heterocycles. The average molecular weight is 279 g/mol. The van der Waals surface area contributed by atoms with E-state index in [1.165, 1.54) is 11.9 Å². The molecule has 3 rings (SSSR count). The second-order valence-corrected chi connectivity index (χ2v) is 4.94. The minimum absolute atomic E-state index is 0.219. The van der Waals surface area contributed by atoms with Gasteiger partial charge in [0.15, 0.2) is 0 Å². The van der Waals surface area contributed by atoms with Crippen molar-refractivity contribution in [1.82, 2.24) is 9.97 Å². The van der Waals surface area contributed by atoms with Gasteiger partial charge < -0.3 is 10.4 Å². The van der Waals surface area contributed by atoms with Gasteiger partial charge in [-0.2, -0.15) is 0 Å². The molecule has 0 radical (unpaired) electrons. The highest BCUT2D eigenvalue weighted by atomic mass is 16.3. The number of nitrogens with zero attached hydrogens (tertiary/aromatic N) is 2. The predicted octanol–water partition coefficient (Wildman–Crippen LogP) is 3.38. The van der Waals surface area contributed by atoms with Gasteiger partial charge >= 0.3 is 0 Å². The summed E-state index contributed by atoms with van der Waals surface area (Å²) >= 11 is 0. The van der Waals surface area contributed by atoms with Gasteiger partial charge in [0.1, 0.15) is 17.9 Å². The van der Waals surface area contributed by atoms with Crippen LogP contribution < -0.4 is 5.32 Å². The lowest BCUT2D eigenvalue weighted by atomic mass is 10.1. The summed E-state index contributed by atoms with van der Waals surface area (Å²) in [5.41, 5.74) is 2.09. The Balaban J connectivity index is 1.63. The Morgan fingerprint density at radius 2 is 1.86 bits per heavy atom. The monoisotopic (exact) mass is 279 g/mol. The summed E-state index contributed by atoms with van der Waals surface area (Å²) in [5.74, 6) is 1.03. The fourth-order valence-corrected chi connectivity index (χ4v) is 2.33. The molecule has 0 saturated carbocycles. The number of aryl methyl sites for hydroxylation is 1. The quantitative estimate of drug-likeness (QED) is 0.703. The minimum Gasteiger partial charge on any atom is -0.508 e. The molecule has 0 aliphatic rings. The number of rotatable bonds is 5. The SMILES string of the molecule is Oc1ccc2c(NCCCc3ccccc3)ncnc2c1. The number of fused-ring (bicyclic) bond motifs is 1. The summed E-state index contributed by atoms with van der Waals surface area (Å²) in [4.78, 5) is 8.44. The van der Waals surface area contributed by atoms with Gasteiger partial charge in [-0.25, -0.2) is 9.97 Å². The zero-order chi connectivity index (χ0) is 14.5. The lowest BCUT2D eigenvalue weighted by Crippen LogP contribution is -2.05. The number of aromatic hydroxyl groups is 1. The molecule has 2 aromatic carbocycles. The Hall–Kier alpha value is -2.62. The van der Waals surface area contributed by atoms with E-state index < -0.39 is 0 Å². The summed E-state index contributed by atoms with van der Waals surface area (Å²) < 4.78 is 0. The third kappa shape index (κ3) is 3.28. The highest BCUT2D eigenvalue weighted by molar-refractivity contribution is 5.89. The van der Waals surface area contributed by atoms with Crippen LogP contribution in [-0.4, -0.2) is 21.6 Å². The number of nitrogens with one attached hydrogen (secondary N) is 1. The van der Waals surface area contributed by atoms with Crippen molar-refractivity contribution >= 4 is 16.7 Å². The first kappa shape index (κ1) is 13.4. The van der Waals surface area contributed by atoms with Gasteiger partial charge in [-0.1, -0.05) is 30.3 Å². The van der Waals surface area contributed by atoms with E-state index in [0.717, 1.165) is 36.1 Å². The third-order valence-corrected chi connectivity index (χ3v) is 3.40. The van der Waals surface area contributed by atoms with Crippen LogP contribution >= 0.6 is 0 Å². The summed E-state index contributed by atoms with van der Waals surface area (Å²) in [6, 6.07) is 15.6. The van der Waals surface area contributed by atoms with Crippen LogP contribution in [0.15, 0.2) is 54.9 Å². The van der Waals surface area contributed by atoms with E-state index in [2.05, 4.69) is 39.6 Å². The summed E-state index contributed by atoms with van der Waals surface area (Å²) in [7, 11) is 0. The van der Waals surface area contributed by atoms with Gasteiger partial charge in [0.2, 0.25) is 0 Å². The van der Waals surface area contributed by atoms with E-state index in [1.54, 1.807) is 12.1 Å². The number of phenols is 1. The van der Waals surface area contributed by atoms with Crippen molar-refractivity contribution in [2.24, 2.45) is 0 Å². The van der Waals surface area contributed by atoms with Crippen LogP contribution in [0.2, 0.25) is 0 Å². The Morgan fingerprint density at radius 1 is 1.00 bits per heavy atom. The number of benzene rings is 2. The van der Waals surface area contributed by atoms with Gasteiger partial charge in [0.25, 0.3) is 0 Å². The van der Waals surface area contributed by atoms with E-state index in [-0.39, 0.29) is 5.75 Å². The molecule has 0 aliphatic carbocycles. The number of anilines is 1. The molecule has 0 atom stereocenters. The topological polar surface area (TPSA) is 58.0 Å². The van der Waals surface area contributed by atoms with Crippen LogP contribution in [0.5, 0.6) is 5.75 Å². The molecule has 4 nitrogen and oxygen atoms in total. The van der Waals surface area contributed by atoms with E-state index in [9.17, 15) is 5.11 Å². The summed E-state index contributed by atoms with van der Waals surface area (Å²) in [6.45, 7) is 0.849. The third-order valence-electron chi connectivity index (χ3n) is 3.40. The average Bonchev–Trinajstić information content (AvgIpc) is 2.52. The molecule has 21 heavy (non-hydrogen) atoms. The van der Waals surface area contributed by atoms with Crippen molar-refractivity contribution < 1.29 is 5.11 Å². The van der Waals surface area contributed by atoms with E-state index in [0.29, 0.717) is 0 Å². The molecule has 2 N–H and O–H groups in total. The first-order valence-electron chi connectivity index (χ1n) is 7.04. The molecule has 0 unspecified atom stereocenters. The fraction of sp³-hybridized carbons (Fsp3) is 0.176. The van der Waals surface area contributed by atoms with Gasteiger partial charge in [0.05, 0.1) is 5.52 Å². The number of hydrogen-bond donors (Lipinski definition) is 2. The maximum Gasteiger partial charge on any atom is 0.137 e. The molecule has 1 aromatic heterocycles. The molecule has 1 heterocycles. The van der Waals surface area contributed by atoms with Crippen LogP contribution in [0.1, 0.15) is 12.0 Å². The van der Waals surface area contributed by atoms with Gasteiger partial charge in [-0.05, 0) is 30.5 Å². The molecular formula is C17H17N3O. The Kier molecular flexibility index (Phi) is 3.96. The van der Waals surface area contributed by atoms with Gasteiger partial charge in [0, 0.05) is 18.0 Å². The van der Waals surface area contributed by atoms with Crippen molar-refractivity contribution in [2.45, 2.75) is 12.8 Å². The standard InChI is InChI=1S/C17H17N3O/c21-14-8-9-15-16(11-14)19-12-20-17(15)18-10-4-7-13-5-2-1-3-6-13/h1-3,5-6,8-9,11-12,21H,4,7,10H2,(H,18,19,20). The number of hydrogen-bond acceptors (Lipinski definition) is 4. The summed E-state index contributed by atoms with van der Waals surface area (Å²) in [6.07, 6.45) is 3.59. The maximum absolute atomic E-state index is 9.48. The number of aromatic nitrogens is 2. The molecule has 0 saturated heterocycles. The van der Waals surface area contributed by atoms with Crippen LogP contribution in [0, 0.1) is 0 Å². The molecule has 0 amide bonds. The van der Waals surface area contributed by atoms with Crippen molar-refractivity contribution in [2.75, 3.05) is 11.9 Å². The van der Waals surface area contributed by atoms with Gasteiger partial charge in [-0.15, -0.1) is 0 Å². The highest BCUT2D eigenvalue weighted by Crippen LogP contribution is 2.22. The number of phenolic OH excluding ortho intramolecular Hbond substituents is 1. The van der Waals surface area contributed by atoms with Crippen LogP contribution in [0.3, 0.4) is 0 Å².